The van der Waals surface area contributed by atoms with Crippen LogP contribution >= 0.6 is 7.26 Å². The minimum absolute atomic E-state index is 0.348. The van der Waals surface area contributed by atoms with Gasteiger partial charge in [-0.3, -0.25) is 0 Å². The van der Waals surface area contributed by atoms with Crippen molar-refractivity contribution in [3.8, 4) is 0 Å². The molecule has 0 radical (unpaired) electrons. The van der Waals surface area contributed by atoms with E-state index in [4.69, 9.17) is 4.74 Å². The van der Waals surface area contributed by atoms with Gasteiger partial charge >= 0.3 is 5.97 Å². The lowest BCUT2D eigenvalue weighted by molar-refractivity contribution is -0.137. The Morgan fingerprint density at radius 2 is 1.21 bits per heavy atom. The molecule has 0 heterocycles. The molecule has 34 heavy (non-hydrogen) atoms. The van der Waals surface area contributed by atoms with E-state index in [2.05, 4.69) is 124 Å². The molecule has 0 aromatic heterocycles. The maximum atomic E-state index is 11.5. The van der Waals surface area contributed by atoms with Crippen LogP contribution in [0, 0.1) is 13.8 Å². The van der Waals surface area contributed by atoms with Crippen molar-refractivity contribution in [2.24, 2.45) is 0 Å². The van der Waals surface area contributed by atoms with Gasteiger partial charge in [0.15, 0.2) is 0 Å². The van der Waals surface area contributed by atoms with Crippen LogP contribution in [-0.4, -0.2) is 12.6 Å². The van der Waals surface area contributed by atoms with Crippen LogP contribution in [0.4, 0.5) is 0 Å². The predicted octanol–water partition coefficient (Wildman–Crippen LogP) is 5.19. The SMILES string of the molecule is C=CC(=O)OCCc1ccc([P+](c2ccccc2)(c2ccccc2)c2ccccc2)c(C)c1C. The zero-order chi connectivity index (χ0) is 24.0. The fourth-order valence-corrected chi connectivity index (χ4v) is 9.19. The quantitative estimate of drug-likeness (QED) is 0.203. The minimum Gasteiger partial charge on any atom is -0.462 e. The molecule has 0 spiro atoms. The van der Waals surface area contributed by atoms with Crippen LogP contribution in [0.25, 0.3) is 0 Å². The highest BCUT2D eigenvalue weighted by molar-refractivity contribution is 8.01. The van der Waals surface area contributed by atoms with Gasteiger partial charge in [-0.05, 0) is 73.0 Å². The van der Waals surface area contributed by atoms with Gasteiger partial charge < -0.3 is 4.74 Å². The van der Waals surface area contributed by atoms with Crippen molar-refractivity contribution in [2.75, 3.05) is 6.61 Å². The summed E-state index contributed by atoms with van der Waals surface area (Å²) in [5, 5.41) is 5.37. The molecule has 3 heteroatoms. The molecule has 0 saturated heterocycles. The molecule has 0 amide bonds. The van der Waals surface area contributed by atoms with Crippen LogP contribution in [0.1, 0.15) is 16.7 Å². The van der Waals surface area contributed by atoms with Gasteiger partial charge in [0, 0.05) is 12.5 Å². The summed E-state index contributed by atoms with van der Waals surface area (Å²) >= 11 is 0. The molecule has 0 saturated carbocycles. The average molecular weight is 466 g/mol. The van der Waals surface area contributed by atoms with Crippen molar-refractivity contribution in [1.82, 2.24) is 0 Å². The molecule has 0 fully saturated rings. The van der Waals surface area contributed by atoms with Crippen LogP contribution in [0.15, 0.2) is 116 Å². The molecule has 4 rings (SSSR count). The topological polar surface area (TPSA) is 26.3 Å². The molecule has 0 bridgehead atoms. The molecule has 170 valence electrons. The lowest BCUT2D eigenvalue weighted by Gasteiger charge is -2.29. The normalized spacial score (nSPS) is 11.1. The summed E-state index contributed by atoms with van der Waals surface area (Å²) in [7, 11) is -2.14. The molecular formula is C31H30O2P+. The van der Waals surface area contributed by atoms with Gasteiger partial charge in [0.2, 0.25) is 0 Å². The monoisotopic (exact) mass is 465 g/mol. The standard InChI is InChI=1S/C31H30O2P/c1-4-31(32)33-23-22-26-20-21-30(25(3)24(26)2)34(27-14-8-5-9-15-27,28-16-10-6-11-17-28)29-18-12-7-13-19-29/h4-21H,1,22-23H2,2-3H3/q+1. The van der Waals surface area contributed by atoms with Gasteiger partial charge in [0.05, 0.1) is 6.61 Å². The lowest BCUT2D eigenvalue weighted by atomic mass is 10.0. The van der Waals surface area contributed by atoms with Crippen LogP contribution in [-0.2, 0) is 16.0 Å². The first-order chi connectivity index (χ1) is 16.6. The Labute approximate surface area is 203 Å². The molecule has 4 aromatic carbocycles. The van der Waals surface area contributed by atoms with Crippen LogP contribution in [0.2, 0.25) is 0 Å². The summed E-state index contributed by atoms with van der Waals surface area (Å²) in [6.07, 6.45) is 1.89. The highest BCUT2D eigenvalue weighted by Gasteiger charge is 2.48. The third-order valence-electron chi connectivity index (χ3n) is 6.44. The number of ether oxygens (including phenoxy) is 1. The molecular weight excluding hydrogens is 435 g/mol. The van der Waals surface area contributed by atoms with E-state index < -0.39 is 7.26 Å². The summed E-state index contributed by atoms with van der Waals surface area (Å²) in [6, 6.07) is 37.2. The minimum atomic E-state index is -2.14. The molecule has 0 aliphatic heterocycles. The van der Waals surface area contributed by atoms with Crippen molar-refractivity contribution in [1.29, 1.82) is 0 Å². The van der Waals surface area contributed by atoms with E-state index in [0.717, 1.165) is 0 Å². The van der Waals surface area contributed by atoms with Crippen molar-refractivity contribution in [3.05, 3.63) is 132 Å². The van der Waals surface area contributed by atoms with Crippen molar-refractivity contribution in [2.45, 2.75) is 20.3 Å². The smallest absolute Gasteiger partial charge is 0.330 e. The Hall–Kier alpha value is -3.48. The Morgan fingerprint density at radius 1 is 0.735 bits per heavy atom. The molecule has 0 aliphatic carbocycles. The summed E-state index contributed by atoms with van der Waals surface area (Å²) in [5.74, 6) is -0.381. The Kier molecular flexibility index (Phi) is 7.40. The van der Waals surface area contributed by atoms with E-state index in [1.165, 1.54) is 44.0 Å². The number of carbonyl (C=O) groups excluding carboxylic acids is 1. The zero-order valence-electron chi connectivity index (χ0n) is 19.8. The third-order valence-corrected chi connectivity index (χ3v) is 10.9. The van der Waals surface area contributed by atoms with E-state index in [0.29, 0.717) is 13.0 Å². The Morgan fingerprint density at radius 3 is 1.65 bits per heavy atom. The van der Waals surface area contributed by atoms with Gasteiger partial charge in [-0.1, -0.05) is 67.2 Å². The first-order valence-corrected chi connectivity index (χ1v) is 13.3. The maximum absolute atomic E-state index is 11.5. The van der Waals surface area contributed by atoms with Crippen LogP contribution in [0.5, 0.6) is 0 Å². The van der Waals surface area contributed by atoms with E-state index >= 15 is 0 Å². The highest BCUT2D eigenvalue weighted by Crippen LogP contribution is 2.55. The second-order valence-electron chi connectivity index (χ2n) is 8.29. The van der Waals surface area contributed by atoms with E-state index in [1.807, 2.05) is 0 Å². The van der Waals surface area contributed by atoms with E-state index in [9.17, 15) is 4.79 Å². The highest BCUT2D eigenvalue weighted by atomic mass is 31.2. The third kappa shape index (κ3) is 4.47. The van der Waals surface area contributed by atoms with Crippen LogP contribution < -0.4 is 21.2 Å². The second kappa shape index (κ2) is 10.6. The van der Waals surface area contributed by atoms with Gasteiger partial charge in [0.25, 0.3) is 0 Å². The maximum Gasteiger partial charge on any atom is 0.330 e. The zero-order valence-corrected chi connectivity index (χ0v) is 20.7. The summed E-state index contributed by atoms with van der Waals surface area (Å²) in [6.45, 7) is 8.23. The fourth-order valence-electron chi connectivity index (χ4n) is 4.64. The lowest BCUT2D eigenvalue weighted by Crippen LogP contribution is -2.40. The first-order valence-electron chi connectivity index (χ1n) is 11.5. The molecule has 0 N–H and O–H groups in total. The first kappa shape index (κ1) is 23.7. The summed E-state index contributed by atoms with van der Waals surface area (Å²) in [5.41, 5.74) is 3.74. The molecule has 2 nitrogen and oxygen atoms in total. The van der Waals surface area contributed by atoms with Crippen molar-refractivity contribution >= 4 is 34.4 Å². The molecule has 0 atom stereocenters. The molecule has 0 aliphatic rings. The predicted molar refractivity (Wildman–Crippen MR) is 146 cm³/mol. The Bertz CT molecular complexity index is 1170. The van der Waals surface area contributed by atoms with Gasteiger partial charge in [-0.2, -0.15) is 0 Å². The number of rotatable bonds is 8. The Balaban J connectivity index is 1.94. The second-order valence-corrected chi connectivity index (χ2v) is 11.7. The van der Waals surface area contributed by atoms with E-state index in [1.54, 1.807) is 0 Å². The molecule has 0 unspecified atom stereocenters. The largest absolute Gasteiger partial charge is 0.462 e. The summed E-state index contributed by atoms with van der Waals surface area (Å²) < 4.78 is 5.25. The fraction of sp³-hybridized carbons (Fsp3) is 0.129. The van der Waals surface area contributed by atoms with Crippen molar-refractivity contribution < 1.29 is 9.53 Å². The van der Waals surface area contributed by atoms with Gasteiger partial charge in [0.1, 0.15) is 28.5 Å². The summed E-state index contributed by atoms with van der Waals surface area (Å²) in [4.78, 5) is 11.5. The number of hydrogen-bond acceptors (Lipinski definition) is 2. The number of hydrogen-bond donors (Lipinski definition) is 0. The van der Waals surface area contributed by atoms with Crippen LogP contribution in [0.3, 0.4) is 0 Å². The van der Waals surface area contributed by atoms with Gasteiger partial charge in [-0.15, -0.1) is 0 Å². The number of carbonyl (C=O) groups is 1. The number of esters is 1. The number of benzene rings is 4. The van der Waals surface area contributed by atoms with Gasteiger partial charge in [-0.25, -0.2) is 4.79 Å². The average Bonchev–Trinajstić information content (AvgIpc) is 2.90. The van der Waals surface area contributed by atoms with E-state index in [-0.39, 0.29) is 5.97 Å². The molecule has 4 aromatic rings. The van der Waals surface area contributed by atoms with Crippen molar-refractivity contribution in [3.63, 3.8) is 0 Å².